The number of hydrogen-bond acceptors (Lipinski definition) is 21. The van der Waals surface area contributed by atoms with Crippen LogP contribution in [0.2, 0.25) is 0 Å². The van der Waals surface area contributed by atoms with Crippen LogP contribution in [0, 0.1) is 25.7 Å². The number of aliphatic hydroxyl groups is 4. The molecular formula is C83H89Cl2N3O20. The summed E-state index contributed by atoms with van der Waals surface area (Å²) in [6.07, 6.45) is -9.22. The van der Waals surface area contributed by atoms with Crippen molar-refractivity contribution in [1.29, 1.82) is 0 Å². The smallest absolute Gasteiger partial charge is 0.404 e. The normalized spacial score (nSPS) is 18.8. The number of halogens is 2. The molecule has 0 bridgehead atoms. The maximum absolute atomic E-state index is 13.4. The number of benzene rings is 9. The number of fused-ring (bicyclic) bond motifs is 4. The molecule has 2 fully saturated rings. The van der Waals surface area contributed by atoms with Crippen molar-refractivity contribution in [3.8, 4) is 45.3 Å². The van der Waals surface area contributed by atoms with E-state index in [1.54, 1.807) is 90.1 Å². The lowest BCUT2D eigenvalue weighted by atomic mass is 9.81. The van der Waals surface area contributed by atoms with Crippen LogP contribution in [-0.2, 0) is 30.2 Å². The van der Waals surface area contributed by atoms with E-state index in [9.17, 15) is 59.4 Å². The number of carbonyl (C=O) groups excluding carboxylic acids is 4. The molecule has 25 heteroatoms. The highest BCUT2D eigenvalue weighted by molar-refractivity contribution is 6.67. The van der Waals surface area contributed by atoms with E-state index in [1.165, 1.54) is 35.0 Å². The molecule has 0 radical (unpaired) electrons. The van der Waals surface area contributed by atoms with Gasteiger partial charge in [-0.25, -0.2) is 14.4 Å². The summed E-state index contributed by atoms with van der Waals surface area (Å²) in [5.74, 6) is -3.36. The first kappa shape index (κ1) is 84.4. The van der Waals surface area contributed by atoms with E-state index in [0.717, 1.165) is 38.6 Å². The molecule has 2 amide bonds. The standard InChI is InChI=1S/C43H39NO10.C19H23ClN2O9.C17H11ClO.4CH4/c1-24-33(51-42-37(48)39(32(23-45)43(2,3)54-42)52-34(46)20-25-10-5-4-6-11-25)19-18-31-36(47)35(41(50)53-38(24)31)44-40(49)30-15-9-14-28(22-30)29-17-16-26-12-7-8-13-27(26)21-29;1-7-10(5-4-8-12(24)11(22-20)16(26)29-14(7)8)28-17-13(25)15(30-18(21)27)9(6-23)19(2,3)31-17;18-17(19)16-7-3-6-14(11-16)15-9-8-12-4-1-2-5-13(12)10-15;;;;/h4-19,21-22,32,37,39,42,45,47-48H,20,23H2,1-3H3,(H,44,49);4-5,9,13,15,17,22-25H,6H2,1-3H3,(H2,21,27);1-11H;4*1H4/t32-,37-,39-,42-;9-,13-,15-,17-;;;;;/m11...../s1. The Balaban J connectivity index is 0.000000253. The monoisotopic (exact) mass is 1520 g/mol. The molecule has 2 aliphatic heterocycles. The summed E-state index contributed by atoms with van der Waals surface area (Å²) in [7, 11) is 0. The highest BCUT2D eigenvalue weighted by Crippen LogP contribution is 2.43. The first-order valence-electron chi connectivity index (χ1n) is 32.8. The number of rotatable bonds is 16. The van der Waals surface area contributed by atoms with Crippen molar-refractivity contribution < 1.29 is 87.1 Å². The molecule has 13 rings (SSSR count). The molecule has 0 spiro atoms. The van der Waals surface area contributed by atoms with Gasteiger partial charge in [-0.05, 0) is 157 Å². The number of aromatic hydroxyl groups is 2. The highest BCUT2D eigenvalue weighted by atomic mass is 35.5. The van der Waals surface area contributed by atoms with Gasteiger partial charge in [0.2, 0.25) is 12.6 Å². The van der Waals surface area contributed by atoms with Crippen LogP contribution in [0.5, 0.6) is 23.0 Å². The summed E-state index contributed by atoms with van der Waals surface area (Å²) in [5.41, 5.74) is 6.26. The molecule has 8 atom stereocenters. The highest BCUT2D eigenvalue weighted by Gasteiger charge is 2.54. The Hall–Kier alpha value is -10.9. The Morgan fingerprint density at radius 3 is 1.39 bits per heavy atom. The minimum absolute atomic E-state index is 0. The maximum Gasteiger partial charge on any atom is 0.404 e. The average molecular weight is 1520 g/mol. The molecule has 570 valence electrons. The number of nitrogens with one attached hydrogen (secondary N) is 2. The van der Waals surface area contributed by atoms with Crippen molar-refractivity contribution >= 4 is 101 Å². The number of amides is 2. The van der Waals surface area contributed by atoms with Crippen LogP contribution in [0.25, 0.3) is 65.7 Å². The van der Waals surface area contributed by atoms with Gasteiger partial charge in [0.1, 0.15) is 34.9 Å². The number of ether oxygens (including phenoxy) is 6. The third-order valence-electron chi connectivity index (χ3n) is 18.4. The van der Waals surface area contributed by atoms with E-state index in [4.69, 9.17) is 66.4 Å². The van der Waals surface area contributed by atoms with E-state index in [1.807, 2.05) is 84.9 Å². The topological polar surface area (TPSA) is 356 Å². The molecule has 23 nitrogen and oxygen atoms in total. The zero-order chi connectivity index (χ0) is 74.5. The summed E-state index contributed by atoms with van der Waals surface area (Å²) in [6, 6.07) is 57.6. The van der Waals surface area contributed by atoms with Crippen LogP contribution < -0.4 is 36.6 Å². The molecule has 4 heterocycles. The van der Waals surface area contributed by atoms with Crippen LogP contribution in [0.3, 0.4) is 0 Å². The molecule has 11 aromatic rings. The summed E-state index contributed by atoms with van der Waals surface area (Å²) in [4.78, 5) is 76.2. The third kappa shape index (κ3) is 18.2. The molecule has 2 aromatic heterocycles. The fourth-order valence-corrected chi connectivity index (χ4v) is 13.0. The molecule has 0 aliphatic carbocycles. The predicted molar refractivity (Wildman–Crippen MR) is 418 cm³/mol. The minimum atomic E-state index is -1.51. The first-order valence-corrected chi connectivity index (χ1v) is 33.6. The quantitative estimate of drug-likeness (QED) is 0.0188. The molecule has 2 aliphatic rings. The Bertz CT molecular complexity index is 5180. The van der Waals surface area contributed by atoms with Crippen molar-refractivity contribution in [3.63, 3.8) is 0 Å². The van der Waals surface area contributed by atoms with Gasteiger partial charge in [-0.15, -0.1) is 0 Å². The number of aliphatic hydroxyl groups excluding tert-OH is 4. The number of carbonyl (C=O) groups is 4. The SMILES string of the molecule is C.C.C.C.Cc1c(O[C@@H]2OC(C)(C)[C@H](CO)[C@@H](OC(=O)Cc3ccccc3)[C@H]2O)ccc2c(O)c(NC(=O)c3cccc(-c4ccc5ccccc5c4)c3)c(=O)oc12.Cc1c(O[C@@H]2OC(C)(C)[C@H](CO)[C@@H](OC(N)=O)[C@H]2O)ccc2c(O)c(NCl)c(=O)oc12.O=C(Cl)c1cccc(-c2ccc3ccccc3c2)c1. The van der Waals surface area contributed by atoms with Gasteiger partial charge in [-0.3, -0.25) is 19.2 Å². The maximum atomic E-state index is 13.4. The molecular weight excluding hydrogens is 1430 g/mol. The number of nitrogens with two attached hydrogens (primary N) is 1. The van der Waals surface area contributed by atoms with E-state index in [-0.39, 0.29) is 86.4 Å². The van der Waals surface area contributed by atoms with Gasteiger partial charge in [0, 0.05) is 34.0 Å². The Morgan fingerprint density at radius 1 is 0.519 bits per heavy atom. The van der Waals surface area contributed by atoms with Gasteiger partial charge >= 0.3 is 23.3 Å². The van der Waals surface area contributed by atoms with Crippen molar-refractivity contribution in [1.82, 2.24) is 0 Å². The number of primary amides is 1. The van der Waals surface area contributed by atoms with Crippen LogP contribution in [0.4, 0.5) is 16.2 Å². The fraction of sp³-hybridized carbons (Fsp3) is 0.277. The van der Waals surface area contributed by atoms with Crippen molar-refractivity contribution in [2.24, 2.45) is 17.6 Å². The molecule has 0 unspecified atom stereocenters. The zero-order valence-electron chi connectivity index (χ0n) is 56.9. The van der Waals surface area contributed by atoms with Crippen LogP contribution in [0.1, 0.15) is 94.8 Å². The number of hydrogen-bond donors (Lipinski definition) is 9. The molecule has 9 aromatic carbocycles. The Labute approximate surface area is 634 Å². The Kier molecular flexibility index (Phi) is 27.9. The Morgan fingerprint density at radius 2 is 0.935 bits per heavy atom. The summed E-state index contributed by atoms with van der Waals surface area (Å²) in [6.45, 7) is 8.94. The lowest BCUT2D eigenvalue weighted by Crippen LogP contribution is -2.62. The summed E-state index contributed by atoms with van der Waals surface area (Å²) >= 11 is 11.0. The summed E-state index contributed by atoms with van der Waals surface area (Å²) in [5, 5.41) is 70.5. The zero-order valence-corrected chi connectivity index (χ0v) is 58.4. The minimum Gasteiger partial charge on any atom is -0.505 e. The second kappa shape index (κ2) is 35.7. The molecule has 2 saturated heterocycles. The van der Waals surface area contributed by atoms with E-state index in [2.05, 4.69) is 40.5 Å². The predicted octanol–water partition coefficient (Wildman–Crippen LogP) is 15.3. The van der Waals surface area contributed by atoms with Gasteiger partial charge < -0.3 is 78.9 Å². The lowest BCUT2D eigenvalue weighted by molar-refractivity contribution is -0.294. The van der Waals surface area contributed by atoms with Crippen LogP contribution >= 0.6 is 23.4 Å². The van der Waals surface area contributed by atoms with Crippen molar-refractivity contribution in [2.75, 3.05) is 23.4 Å². The second-order valence-electron chi connectivity index (χ2n) is 26.0. The first-order chi connectivity index (χ1) is 49.7. The van der Waals surface area contributed by atoms with Gasteiger partial charge in [-0.2, -0.15) is 0 Å². The number of anilines is 2. The summed E-state index contributed by atoms with van der Waals surface area (Å²) < 4.78 is 45.4. The van der Waals surface area contributed by atoms with Crippen LogP contribution in [-0.4, -0.2) is 115 Å². The third-order valence-corrected chi connectivity index (χ3v) is 18.9. The van der Waals surface area contributed by atoms with E-state index >= 15 is 0 Å². The van der Waals surface area contributed by atoms with Gasteiger partial charge in [0.05, 0.1) is 53.4 Å². The van der Waals surface area contributed by atoms with Crippen molar-refractivity contribution in [2.45, 2.75) is 126 Å². The van der Waals surface area contributed by atoms with Gasteiger partial charge in [0.25, 0.3) is 11.1 Å². The molecule has 10 N–H and O–H groups in total. The lowest BCUT2D eigenvalue weighted by Gasteiger charge is -2.48. The van der Waals surface area contributed by atoms with Crippen LogP contribution in [0.15, 0.2) is 206 Å². The largest absolute Gasteiger partial charge is 0.505 e. The number of aryl methyl sites for hydroxylation is 2. The number of esters is 1. The second-order valence-corrected chi connectivity index (χ2v) is 26.5. The van der Waals surface area contributed by atoms with Crippen molar-refractivity contribution in [3.05, 3.63) is 237 Å². The molecule has 0 saturated carbocycles. The van der Waals surface area contributed by atoms with Gasteiger partial charge in [0.15, 0.2) is 35.1 Å². The van der Waals surface area contributed by atoms with E-state index in [0.29, 0.717) is 11.1 Å². The average Bonchev–Trinajstić information content (AvgIpc) is 0.765. The molecule has 108 heavy (non-hydrogen) atoms. The fourth-order valence-electron chi connectivity index (χ4n) is 12.7. The van der Waals surface area contributed by atoms with Gasteiger partial charge in [-0.1, -0.05) is 163 Å². The van der Waals surface area contributed by atoms with E-state index < -0.39 is 125 Å².